The Morgan fingerprint density at radius 3 is 2.47 bits per heavy atom. The Morgan fingerprint density at radius 1 is 1.11 bits per heavy atom. The van der Waals surface area contributed by atoms with Crippen LogP contribution >= 0.6 is 0 Å². The van der Waals surface area contributed by atoms with Crippen molar-refractivity contribution in [3.05, 3.63) is 0 Å². The minimum Gasteiger partial charge on any atom is -0.314 e. The molecular weight excluding hydrogens is 232 g/mol. The van der Waals surface area contributed by atoms with E-state index in [0.717, 1.165) is 24.4 Å². The van der Waals surface area contributed by atoms with E-state index < -0.39 is 0 Å². The lowest BCUT2D eigenvalue weighted by molar-refractivity contribution is 0.180. The molecule has 0 amide bonds. The Balaban J connectivity index is 2.52. The highest BCUT2D eigenvalue weighted by atomic mass is 15.1. The van der Waals surface area contributed by atoms with Crippen LogP contribution in [0.4, 0.5) is 0 Å². The molecule has 3 unspecified atom stereocenters. The standard InChI is InChI=1S/C17H36N2/c1-5-15(4)13-19(7-3)14-16-11-9-8-10-12-17(16)18-6-2/h15-18H,5-14H2,1-4H3. The maximum absolute atomic E-state index is 3.74. The van der Waals surface area contributed by atoms with Crippen molar-refractivity contribution in [1.29, 1.82) is 0 Å². The van der Waals surface area contributed by atoms with Gasteiger partial charge in [0.25, 0.3) is 0 Å². The van der Waals surface area contributed by atoms with E-state index in [2.05, 4.69) is 37.9 Å². The normalized spacial score (nSPS) is 26.4. The smallest absolute Gasteiger partial charge is 0.0107 e. The molecule has 1 aliphatic rings. The summed E-state index contributed by atoms with van der Waals surface area (Å²) >= 11 is 0. The van der Waals surface area contributed by atoms with Gasteiger partial charge in [-0.1, -0.05) is 53.4 Å². The van der Waals surface area contributed by atoms with Gasteiger partial charge in [0, 0.05) is 19.1 Å². The maximum atomic E-state index is 3.74. The van der Waals surface area contributed by atoms with Crippen molar-refractivity contribution in [2.24, 2.45) is 11.8 Å². The highest BCUT2D eigenvalue weighted by molar-refractivity contribution is 4.81. The molecule has 1 aliphatic carbocycles. The molecule has 1 rings (SSSR count). The van der Waals surface area contributed by atoms with Crippen LogP contribution in [0.5, 0.6) is 0 Å². The van der Waals surface area contributed by atoms with E-state index in [4.69, 9.17) is 0 Å². The Bertz CT molecular complexity index is 217. The molecule has 1 N–H and O–H groups in total. The molecule has 1 fully saturated rings. The first kappa shape index (κ1) is 17.0. The fourth-order valence-corrected chi connectivity index (χ4v) is 3.37. The summed E-state index contributed by atoms with van der Waals surface area (Å²) in [6.45, 7) is 14.2. The van der Waals surface area contributed by atoms with Gasteiger partial charge in [-0.3, -0.25) is 0 Å². The molecule has 0 aromatic rings. The molecule has 0 spiro atoms. The summed E-state index contributed by atoms with van der Waals surface area (Å²) < 4.78 is 0. The number of nitrogens with one attached hydrogen (secondary N) is 1. The average Bonchev–Trinajstić information content (AvgIpc) is 2.64. The molecule has 19 heavy (non-hydrogen) atoms. The quantitative estimate of drug-likeness (QED) is 0.671. The molecular formula is C17H36N2. The molecule has 0 radical (unpaired) electrons. The van der Waals surface area contributed by atoms with Crippen molar-refractivity contribution in [3.63, 3.8) is 0 Å². The third-order valence-electron chi connectivity index (χ3n) is 4.83. The third-order valence-corrected chi connectivity index (χ3v) is 4.83. The summed E-state index contributed by atoms with van der Waals surface area (Å²) in [7, 11) is 0. The monoisotopic (exact) mass is 268 g/mol. The van der Waals surface area contributed by atoms with Crippen LogP contribution in [0.1, 0.15) is 66.2 Å². The van der Waals surface area contributed by atoms with Crippen LogP contribution in [0.3, 0.4) is 0 Å². The molecule has 2 heteroatoms. The molecule has 114 valence electrons. The predicted octanol–water partition coefficient (Wildman–Crippen LogP) is 3.91. The fraction of sp³-hybridized carbons (Fsp3) is 1.00. The van der Waals surface area contributed by atoms with E-state index in [-0.39, 0.29) is 0 Å². The SMILES string of the molecule is CCNC1CCCCCC1CN(CC)CC(C)CC. The first-order valence-corrected chi connectivity index (χ1v) is 8.66. The molecule has 0 bridgehead atoms. The van der Waals surface area contributed by atoms with Crippen LogP contribution in [-0.2, 0) is 0 Å². The lowest BCUT2D eigenvalue weighted by Gasteiger charge is -2.32. The fourth-order valence-electron chi connectivity index (χ4n) is 3.37. The Morgan fingerprint density at radius 2 is 1.84 bits per heavy atom. The van der Waals surface area contributed by atoms with E-state index in [1.807, 2.05) is 0 Å². The van der Waals surface area contributed by atoms with Gasteiger partial charge in [0.15, 0.2) is 0 Å². The third kappa shape index (κ3) is 6.27. The number of rotatable bonds is 8. The second kappa shape index (κ2) is 9.77. The largest absolute Gasteiger partial charge is 0.314 e. The van der Waals surface area contributed by atoms with Crippen molar-refractivity contribution in [3.8, 4) is 0 Å². The van der Waals surface area contributed by atoms with Crippen molar-refractivity contribution in [2.75, 3.05) is 26.2 Å². The minimum atomic E-state index is 0.762. The van der Waals surface area contributed by atoms with Crippen molar-refractivity contribution in [1.82, 2.24) is 10.2 Å². The molecule has 3 atom stereocenters. The molecule has 0 aromatic carbocycles. The molecule has 0 heterocycles. The van der Waals surface area contributed by atoms with Crippen molar-refractivity contribution in [2.45, 2.75) is 72.3 Å². The zero-order chi connectivity index (χ0) is 14.1. The highest BCUT2D eigenvalue weighted by Gasteiger charge is 2.24. The zero-order valence-electron chi connectivity index (χ0n) is 13.8. The Kier molecular flexibility index (Phi) is 8.72. The van der Waals surface area contributed by atoms with Crippen LogP contribution in [0.15, 0.2) is 0 Å². The lowest BCUT2D eigenvalue weighted by Crippen LogP contribution is -2.43. The van der Waals surface area contributed by atoms with Crippen LogP contribution < -0.4 is 5.32 Å². The van der Waals surface area contributed by atoms with Gasteiger partial charge in [-0.25, -0.2) is 0 Å². The Hall–Kier alpha value is -0.0800. The highest BCUT2D eigenvalue weighted by Crippen LogP contribution is 2.24. The molecule has 0 aliphatic heterocycles. The van der Waals surface area contributed by atoms with E-state index in [0.29, 0.717) is 0 Å². The minimum absolute atomic E-state index is 0.762. The second-order valence-electron chi connectivity index (χ2n) is 6.43. The predicted molar refractivity (Wildman–Crippen MR) is 85.6 cm³/mol. The van der Waals surface area contributed by atoms with E-state index in [1.54, 1.807) is 0 Å². The average molecular weight is 268 g/mol. The summed E-state index contributed by atoms with van der Waals surface area (Å²) in [6.07, 6.45) is 8.42. The van der Waals surface area contributed by atoms with Crippen LogP contribution in [0, 0.1) is 11.8 Å². The van der Waals surface area contributed by atoms with Gasteiger partial charge in [0.1, 0.15) is 0 Å². The topological polar surface area (TPSA) is 15.3 Å². The van der Waals surface area contributed by atoms with Gasteiger partial charge in [-0.2, -0.15) is 0 Å². The second-order valence-corrected chi connectivity index (χ2v) is 6.43. The summed E-state index contributed by atoms with van der Waals surface area (Å²) in [4.78, 5) is 2.69. The van der Waals surface area contributed by atoms with Crippen LogP contribution in [0.2, 0.25) is 0 Å². The van der Waals surface area contributed by atoms with Crippen molar-refractivity contribution < 1.29 is 0 Å². The number of nitrogens with zero attached hydrogens (tertiary/aromatic N) is 1. The van der Waals surface area contributed by atoms with E-state index in [9.17, 15) is 0 Å². The van der Waals surface area contributed by atoms with Gasteiger partial charge < -0.3 is 10.2 Å². The molecule has 1 saturated carbocycles. The van der Waals surface area contributed by atoms with Gasteiger partial charge in [0.05, 0.1) is 0 Å². The van der Waals surface area contributed by atoms with Gasteiger partial charge in [-0.15, -0.1) is 0 Å². The summed E-state index contributed by atoms with van der Waals surface area (Å²) in [5.41, 5.74) is 0. The zero-order valence-corrected chi connectivity index (χ0v) is 13.8. The van der Waals surface area contributed by atoms with Crippen molar-refractivity contribution >= 4 is 0 Å². The summed E-state index contributed by atoms with van der Waals surface area (Å²) in [5.74, 6) is 1.70. The summed E-state index contributed by atoms with van der Waals surface area (Å²) in [6, 6.07) is 0.762. The maximum Gasteiger partial charge on any atom is 0.0107 e. The first-order chi connectivity index (χ1) is 9.21. The molecule has 0 saturated heterocycles. The Labute approximate surface area is 121 Å². The van der Waals surface area contributed by atoms with E-state index in [1.165, 1.54) is 58.2 Å². The van der Waals surface area contributed by atoms with Crippen LogP contribution in [-0.4, -0.2) is 37.1 Å². The molecule has 2 nitrogen and oxygen atoms in total. The van der Waals surface area contributed by atoms with Gasteiger partial charge in [-0.05, 0) is 37.8 Å². The van der Waals surface area contributed by atoms with Gasteiger partial charge in [0.2, 0.25) is 0 Å². The van der Waals surface area contributed by atoms with E-state index >= 15 is 0 Å². The van der Waals surface area contributed by atoms with Gasteiger partial charge >= 0.3 is 0 Å². The first-order valence-electron chi connectivity index (χ1n) is 8.66. The number of hydrogen-bond donors (Lipinski definition) is 1. The van der Waals surface area contributed by atoms with Crippen LogP contribution in [0.25, 0.3) is 0 Å². The summed E-state index contributed by atoms with van der Waals surface area (Å²) in [5, 5.41) is 3.74. The lowest BCUT2D eigenvalue weighted by atomic mass is 9.93. The molecule has 0 aromatic heterocycles. The number of hydrogen-bond acceptors (Lipinski definition) is 2.